The maximum atomic E-state index is 12.4. The molecule has 5 heteroatoms. The van der Waals surface area contributed by atoms with Gasteiger partial charge in [-0.3, -0.25) is 9.78 Å². The Hall–Kier alpha value is -3.08. The smallest absolute Gasteiger partial charge is 0.251 e. The van der Waals surface area contributed by atoms with Crippen molar-refractivity contribution in [1.82, 2.24) is 10.3 Å². The summed E-state index contributed by atoms with van der Waals surface area (Å²) in [5, 5.41) is 3.91. The number of pyridine rings is 1. The van der Waals surface area contributed by atoms with Crippen LogP contribution in [0.2, 0.25) is 0 Å². The molecule has 3 rings (SSSR count). The molecule has 0 fully saturated rings. The minimum atomic E-state index is -0.152. The summed E-state index contributed by atoms with van der Waals surface area (Å²) in [6.07, 6.45) is 1.71. The quantitative estimate of drug-likeness (QED) is 0.784. The van der Waals surface area contributed by atoms with E-state index in [4.69, 9.17) is 9.47 Å². The van der Waals surface area contributed by atoms with E-state index in [0.717, 1.165) is 16.5 Å². The van der Waals surface area contributed by atoms with Crippen molar-refractivity contribution in [1.29, 1.82) is 0 Å². The molecule has 3 aromatic rings. The Balaban J connectivity index is 1.75. The lowest BCUT2D eigenvalue weighted by molar-refractivity contribution is 0.0951. The molecule has 122 valence electrons. The molecular weight excluding hydrogens is 304 g/mol. The van der Waals surface area contributed by atoms with E-state index >= 15 is 0 Å². The first-order chi connectivity index (χ1) is 11.7. The van der Waals surface area contributed by atoms with Crippen molar-refractivity contribution >= 4 is 16.8 Å². The third-order valence-corrected chi connectivity index (χ3v) is 3.80. The van der Waals surface area contributed by atoms with Crippen molar-refractivity contribution in [3.8, 4) is 11.5 Å². The van der Waals surface area contributed by atoms with Gasteiger partial charge in [-0.1, -0.05) is 12.1 Å². The maximum Gasteiger partial charge on any atom is 0.251 e. The lowest BCUT2D eigenvalue weighted by Gasteiger charge is -2.11. The first-order valence-corrected chi connectivity index (χ1v) is 7.55. The number of amides is 1. The van der Waals surface area contributed by atoms with Crippen LogP contribution in [-0.4, -0.2) is 25.1 Å². The van der Waals surface area contributed by atoms with Crippen LogP contribution < -0.4 is 14.8 Å². The van der Waals surface area contributed by atoms with Crippen LogP contribution in [0.1, 0.15) is 15.9 Å². The molecule has 0 spiro atoms. The Kier molecular flexibility index (Phi) is 4.61. The number of methoxy groups -OCH3 is 2. The highest BCUT2D eigenvalue weighted by molar-refractivity contribution is 5.97. The second-order valence-electron chi connectivity index (χ2n) is 5.27. The third kappa shape index (κ3) is 3.30. The Morgan fingerprint density at radius 1 is 1.08 bits per heavy atom. The van der Waals surface area contributed by atoms with Crippen molar-refractivity contribution in [2.45, 2.75) is 6.54 Å². The number of carbonyl (C=O) groups excluding carboxylic acids is 1. The van der Waals surface area contributed by atoms with Crippen molar-refractivity contribution in [2.75, 3.05) is 14.2 Å². The summed E-state index contributed by atoms with van der Waals surface area (Å²) in [4.78, 5) is 16.7. The van der Waals surface area contributed by atoms with Crippen molar-refractivity contribution in [3.63, 3.8) is 0 Å². The zero-order valence-corrected chi connectivity index (χ0v) is 13.6. The van der Waals surface area contributed by atoms with Crippen LogP contribution in [0.15, 0.2) is 54.7 Å². The van der Waals surface area contributed by atoms with Gasteiger partial charge >= 0.3 is 0 Å². The normalized spacial score (nSPS) is 10.4. The summed E-state index contributed by atoms with van der Waals surface area (Å²) in [5.41, 5.74) is 2.26. The summed E-state index contributed by atoms with van der Waals surface area (Å²) in [6, 6.07) is 14.8. The number of nitrogens with one attached hydrogen (secondary N) is 1. The summed E-state index contributed by atoms with van der Waals surface area (Å²) in [7, 11) is 3.19. The number of aromatic nitrogens is 1. The van der Waals surface area contributed by atoms with E-state index in [9.17, 15) is 4.79 Å². The van der Waals surface area contributed by atoms with Gasteiger partial charge in [-0.2, -0.15) is 0 Å². The molecule has 0 saturated carbocycles. The topological polar surface area (TPSA) is 60.5 Å². The fourth-order valence-corrected chi connectivity index (χ4v) is 2.48. The SMILES string of the molecule is COc1ccc(CNC(=O)c2ccc3cccnc3c2)c(OC)c1. The van der Waals surface area contributed by atoms with E-state index < -0.39 is 0 Å². The largest absolute Gasteiger partial charge is 0.497 e. The number of benzene rings is 2. The monoisotopic (exact) mass is 322 g/mol. The van der Waals surface area contributed by atoms with E-state index in [1.165, 1.54) is 0 Å². The molecule has 0 saturated heterocycles. The molecule has 24 heavy (non-hydrogen) atoms. The first-order valence-electron chi connectivity index (χ1n) is 7.55. The van der Waals surface area contributed by atoms with Crippen LogP contribution in [0.25, 0.3) is 10.9 Å². The van der Waals surface area contributed by atoms with Crippen LogP contribution in [0, 0.1) is 0 Å². The summed E-state index contributed by atoms with van der Waals surface area (Å²) in [6.45, 7) is 0.367. The van der Waals surface area contributed by atoms with Crippen LogP contribution in [0.4, 0.5) is 0 Å². The van der Waals surface area contributed by atoms with Gasteiger partial charge in [0.2, 0.25) is 0 Å². The van der Waals surface area contributed by atoms with E-state index in [2.05, 4.69) is 10.3 Å². The van der Waals surface area contributed by atoms with Crippen molar-refractivity contribution < 1.29 is 14.3 Å². The molecule has 5 nitrogen and oxygen atoms in total. The van der Waals surface area contributed by atoms with Crippen LogP contribution in [0.5, 0.6) is 11.5 Å². The molecule has 1 amide bonds. The van der Waals surface area contributed by atoms with Gasteiger partial charge in [0.1, 0.15) is 11.5 Å². The molecule has 0 radical (unpaired) electrons. The average molecular weight is 322 g/mol. The number of rotatable bonds is 5. The number of nitrogens with zero attached hydrogens (tertiary/aromatic N) is 1. The average Bonchev–Trinajstić information content (AvgIpc) is 2.65. The Morgan fingerprint density at radius 3 is 2.75 bits per heavy atom. The van der Waals surface area contributed by atoms with E-state index in [1.54, 1.807) is 38.6 Å². The Labute approximate surface area is 140 Å². The first kappa shape index (κ1) is 15.8. The molecule has 0 aliphatic rings. The molecule has 0 aliphatic carbocycles. The van der Waals surface area contributed by atoms with Gasteiger partial charge in [0, 0.05) is 35.3 Å². The number of hydrogen-bond donors (Lipinski definition) is 1. The summed E-state index contributed by atoms with van der Waals surface area (Å²) < 4.78 is 10.5. The van der Waals surface area contributed by atoms with Crippen LogP contribution >= 0.6 is 0 Å². The standard InChI is InChI=1S/C19H18N2O3/c1-23-16-8-7-15(18(11-16)24-2)12-21-19(22)14-6-5-13-4-3-9-20-17(13)10-14/h3-11H,12H2,1-2H3,(H,21,22). The van der Waals surface area contributed by atoms with E-state index in [-0.39, 0.29) is 5.91 Å². The second kappa shape index (κ2) is 7.00. The van der Waals surface area contributed by atoms with Crippen LogP contribution in [-0.2, 0) is 6.54 Å². The molecule has 0 bridgehead atoms. The fraction of sp³-hybridized carbons (Fsp3) is 0.158. The Bertz CT molecular complexity index is 877. The van der Waals surface area contributed by atoms with Crippen molar-refractivity contribution in [3.05, 3.63) is 65.9 Å². The molecule has 0 unspecified atom stereocenters. The second-order valence-corrected chi connectivity index (χ2v) is 5.27. The maximum absolute atomic E-state index is 12.4. The van der Waals surface area contributed by atoms with Crippen LogP contribution in [0.3, 0.4) is 0 Å². The predicted octanol–water partition coefficient (Wildman–Crippen LogP) is 3.18. The molecule has 1 heterocycles. The number of fused-ring (bicyclic) bond motifs is 1. The lowest BCUT2D eigenvalue weighted by Crippen LogP contribution is -2.23. The van der Waals surface area contributed by atoms with E-state index in [0.29, 0.717) is 23.6 Å². The highest BCUT2D eigenvalue weighted by atomic mass is 16.5. The van der Waals surface area contributed by atoms with Gasteiger partial charge in [-0.05, 0) is 30.3 Å². The molecule has 1 aromatic heterocycles. The predicted molar refractivity (Wildman–Crippen MR) is 92.5 cm³/mol. The van der Waals surface area contributed by atoms with Crippen molar-refractivity contribution in [2.24, 2.45) is 0 Å². The number of ether oxygens (including phenoxy) is 2. The number of hydrogen-bond acceptors (Lipinski definition) is 4. The minimum absolute atomic E-state index is 0.152. The van der Waals surface area contributed by atoms with E-state index in [1.807, 2.05) is 30.3 Å². The van der Waals surface area contributed by atoms with Gasteiger partial charge in [0.25, 0.3) is 5.91 Å². The molecule has 0 aliphatic heterocycles. The zero-order valence-electron chi connectivity index (χ0n) is 13.6. The fourth-order valence-electron chi connectivity index (χ4n) is 2.48. The Morgan fingerprint density at radius 2 is 1.96 bits per heavy atom. The lowest BCUT2D eigenvalue weighted by atomic mass is 10.1. The highest BCUT2D eigenvalue weighted by Crippen LogP contribution is 2.24. The highest BCUT2D eigenvalue weighted by Gasteiger charge is 2.09. The summed E-state index contributed by atoms with van der Waals surface area (Å²) in [5.74, 6) is 1.23. The number of carbonyl (C=O) groups is 1. The van der Waals surface area contributed by atoms with Gasteiger partial charge in [-0.15, -0.1) is 0 Å². The third-order valence-electron chi connectivity index (χ3n) is 3.80. The molecule has 0 atom stereocenters. The van der Waals surface area contributed by atoms with Gasteiger partial charge < -0.3 is 14.8 Å². The van der Waals surface area contributed by atoms with Gasteiger partial charge in [0.05, 0.1) is 19.7 Å². The minimum Gasteiger partial charge on any atom is -0.497 e. The molecular formula is C19H18N2O3. The van der Waals surface area contributed by atoms with Gasteiger partial charge in [0.15, 0.2) is 0 Å². The summed E-state index contributed by atoms with van der Waals surface area (Å²) >= 11 is 0. The zero-order chi connectivity index (χ0) is 16.9. The molecule has 1 N–H and O–H groups in total. The molecule has 2 aromatic carbocycles. The van der Waals surface area contributed by atoms with Gasteiger partial charge in [-0.25, -0.2) is 0 Å².